The van der Waals surface area contributed by atoms with E-state index in [-0.39, 0.29) is 24.5 Å². The van der Waals surface area contributed by atoms with E-state index in [1.165, 1.54) is 11.3 Å². The molecule has 0 aliphatic heterocycles. The van der Waals surface area contributed by atoms with Crippen molar-refractivity contribution < 1.29 is 14.3 Å². The lowest BCUT2D eigenvalue weighted by atomic mass is 9.82. The van der Waals surface area contributed by atoms with Crippen LogP contribution in [-0.2, 0) is 9.53 Å². The predicted octanol–water partition coefficient (Wildman–Crippen LogP) is 5.39. The van der Waals surface area contributed by atoms with Crippen LogP contribution in [0.2, 0.25) is 0 Å². The van der Waals surface area contributed by atoms with Crippen molar-refractivity contribution in [2.45, 2.75) is 59.4 Å². The standard InChI is InChI=1S/C27H32N6O3S/c1-5-36-26(35)20-15-32(23-12-11-22(37-23)21-16-31-14-6-13-28-27(31)29-21)30-24(20)33(17(2)3)25(34)19-9-7-18(4)8-10-19/h6,11-19H,5,7-10H2,1-4H3. The fraction of sp³-hybridized carbons (Fsp3) is 0.444. The predicted molar refractivity (Wildman–Crippen MR) is 143 cm³/mol. The third-order valence-corrected chi connectivity index (χ3v) is 7.94. The lowest BCUT2D eigenvalue weighted by Gasteiger charge is -2.32. The van der Waals surface area contributed by atoms with Crippen LogP contribution in [0, 0.1) is 11.8 Å². The Labute approximate surface area is 220 Å². The molecule has 1 saturated carbocycles. The first-order chi connectivity index (χ1) is 17.9. The van der Waals surface area contributed by atoms with E-state index in [1.54, 1.807) is 28.9 Å². The molecule has 0 atom stereocenters. The summed E-state index contributed by atoms with van der Waals surface area (Å²) in [6, 6.07) is 5.61. The molecule has 0 bridgehead atoms. The first kappa shape index (κ1) is 25.1. The molecule has 0 aromatic carbocycles. The molecule has 5 rings (SSSR count). The third-order valence-electron chi connectivity index (χ3n) is 6.84. The molecule has 4 heterocycles. The summed E-state index contributed by atoms with van der Waals surface area (Å²) in [4.78, 5) is 38.2. The van der Waals surface area contributed by atoms with Crippen LogP contribution in [0.25, 0.3) is 21.3 Å². The van der Waals surface area contributed by atoms with Gasteiger partial charge in [0.05, 0.1) is 11.5 Å². The highest BCUT2D eigenvalue weighted by atomic mass is 32.1. The largest absolute Gasteiger partial charge is 0.462 e. The van der Waals surface area contributed by atoms with Crippen molar-refractivity contribution in [3.63, 3.8) is 0 Å². The van der Waals surface area contributed by atoms with Gasteiger partial charge in [0.15, 0.2) is 5.82 Å². The molecule has 0 saturated heterocycles. The summed E-state index contributed by atoms with van der Waals surface area (Å²) < 4.78 is 8.88. The number of hydrogen-bond acceptors (Lipinski definition) is 7. The molecule has 0 N–H and O–H groups in total. The molecular formula is C27H32N6O3S. The fourth-order valence-corrected chi connectivity index (χ4v) is 5.74. The van der Waals surface area contributed by atoms with Gasteiger partial charge >= 0.3 is 5.97 Å². The molecule has 0 unspecified atom stereocenters. The van der Waals surface area contributed by atoms with Crippen LogP contribution in [0.4, 0.5) is 5.82 Å². The highest BCUT2D eigenvalue weighted by Crippen LogP contribution is 2.34. The van der Waals surface area contributed by atoms with Crippen molar-refractivity contribution in [1.82, 2.24) is 24.1 Å². The molecule has 0 spiro atoms. The summed E-state index contributed by atoms with van der Waals surface area (Å²) in [5.74, 6) is 1.10. The normalized spacial score (nSPS) is 17.9. The second-order valence-electron chi connectivity index (χ2n) is 9.88. The Balaban J connectivity index is 1.51. The van der Waals surface area contributed by atoms with E-state index < -0.39 is 5.97 Å². The zero-order valence-corrected chi connectivity index (χ0v) is 22.4. The van der Waals surface area contributed by atoms with E-state index in [1.807, 2.05) is 48.8 Å². The molecule has 1 aliphatic rings. The number of fused-ring (bicyclic) bond motifs is 1. The second kappa shape index (κ2) is 10.5. The van der Waals surface area contributed by atoms with Crippen molar-refractivity contribution in [1.29, 1.82) is 0 Å². The van der Waals surface area contributed by atoms with Crippen LogP contribution in [0.1, 0.15) is 63.7 Å². The van der Waals surface area contributed by atoms with Crippen molar-refractivity contribution in [3.8, 4) is 15.6 Å². The molecule has 37 heavy (non-hydrogen) atoms. The minimum atomic E-state index is -0.484. The molecule has 4 aromatic rings. The van der Waals surface area contributed by atoms with Gasteiger partial charge in [0.25, 0.3) is 0 Å². The number of anilines is 1. The summed E-state index contributed by atoms with van der Waals surface area (Å²) >= 11 is 1.50. The molecule has 10 heteroatoms. The summed E-state index contributed by atoms with van der Waals surface area (Å²) in [5, 5.41) is 5.58. The zero-order chi connectivity index (χ0) is 26.1. The summed E-state index contributed by atoms with van der Waals surface area (Å²) in [6.07, 6.45) is 11.0. The molecule has 4 aromatic heterocycles. The van der Waals surface area contributed by atoms with Gasteiger partial charge < -0.3 is 4.74 Å². The maximum atomic E-state index is 13.7. The average Bonchev–Trinajstić information content (AvgIpc) is 3.62. The molecule has 194 valence electrons. The molecule has 1 amide bonds. The van der Waals surface area contributed by atoms with Gasteiger partial charge in [-0.15, -0.1) is 16.4 Å². The van der Waals surface area contributed by atoms with Gasteiger partial charge in [-0.25, -0.2) is 19.4 Å². The number of carbonyl (C=O) groups excluding carboxylic acids is 2. The number of esters is 1. The Morgan fingerprint density at radius 2 is 1.97 bits per heavy atom. The Morgan fingerprint density at radius 3 is 2.68 bits per heavy atom. The van der Waals surface area contributed by atoms with E-state index in [0.29, 0.717) is 23.1 Å². The summed E-state index contributed by atoms with van der Waals surface area (Å²) in [5.41, 5.74) is 1.10. The van der Waals surface area contributed by atoms with Gasteiger partial charge in [0.2, 0.25) is 11.7 Å². The third kappa shape index (κ3) is 5.02. The minimum Gasteiger partial charge on any atom is -0.462 e. The monoisotopic (exact) mass is 520 g/mol. The van der Waals surface area contributed by atoms with Crippen molar-refractivity contribution in [2.24, 2.45) is 11.8 Å². The number of carbonyl (C=O) groups is 2. The van der Waals surface area contributed by atoms with Crippen LogP contribution in [0.3, 0.4) is 0 Å². The van der Waals surface area contributed by atoms with E-state index in [0.717, 1.165) is 41.3 Å². The van der Waals surface area contributed by atoms with Crippen LogP contribution in [0.5, 0.6) is 0 Å². The first-order valence-corrected chi connectivity index (χ1v) is 13.7. The van der Waals surface area contributed by atoms with Crippen LogP contribution >= 0.6 is 11.3 Å². The lowest BCUT2D eigenvalue weighted by molar-refractivity contribution is -0.124. The van der Waals surface area contributed by atoms with Crippen molar-refractivity contribution in [2.75, 3.05) is 11.5 Å². The molecule has 1 fully saturated rings. The molecule has 1 aliphatic carbocycles. The SMILES string of the molecule is CCOC(=O)c1cn(-c2ccc(-c3cn4cccnc4n3)s2)nc1N(C(=O)C1CCC(C)CC1)C(C)C. The number of ether oxygens (including phenoxy) is 1. The number of aromatic nitrogens is 5. The first-order valence-electron chi connectivity index (χ1n) is 12.9. The smallest absolute Gasteiger partial charge is 0.343 e. The van der Waals surface area contributed by atoms with Crippen LogP contribution in [-0.4, -0.2) is 48.7 Å². The zero-order valence-electron chi connectivity index (χ0n) is 21.6. The molecular weight excluding hydrogens is 488 g/mol. The molecule has 0 radical (unpaired) electrons. The van der Waals surface area contributed by atoms with E-state index in [2.05, 4.69) is 16.9 Å². The average molecular weight is 521 g/mol. The van der Waals surface area contributed by atoms with E-state index in [4.69, 9.17) is 9.84 Å². The number of imidazole rings is 1. The Morgan fingerprint density at radius 1 is 1.19 bits per heavy atom. The number of amides is 1. The van der Waals surface area contributed by atoms with Gasteiger partial charge in [0.1, 0.15) is 16.3 Å². The summed E-state index contributed by atoms with van der Waals surface area (Å²) in [6.45, 7) is 8.16. The number of thiophene rings is 1. The number of hydrogen-bond donors (Lipinski definition) is 0. The minimum absolute atomic E-state index is 0.0294. The lowest BCUT2D eigenvalue weighted by Crippen LogP contribution is -2.43. The van der Waals surface area contributed by atoms with Gasteiger partial charge in [-0.1, -0.05) is 6.92 Å². The number of nitrogens with zero attached hydrogens (tertiary/aromatic N) is 6. The van der Waals surface area contributed by atoms with E-state index >= 15 is 0 Å². The summed E-state index contributed by atoms with van der Waals surface area (Å²) in [7, 11) is 0. The Kier molecular flexibility index (Phi) is 7.10. The maximum absolute atomic E-state index is 13.7. The number of rotatable bonds is 7. The van der Waals surface area contributed by atoms with Crippen LogP contribution in [0.15, 0.2) is 43.0 Å². The van der Waals surface area contributed by atoms with Gasteiger partial charge in [0, 0.05) is 36.7 Å². The topological polar surface area (TPSA) is 94.6 Å². The second-order valence-corrected chi connectivity index (χ2v) is 10.9. The highest BCUT2D eigenvalue weighted by molar-refractivity contribution is 7.17. The van der Waals surface area contributed by atoms with Crippen molar-refractivity contribution in [3.05, 3.63) is 48.5 Å². The van der Waals surface area contributed by atoms with Crippen LogP contribution < -0.4 is 4.90 Å². The van der Waals surface area contributed by atoms with E-state index in [9.17, 15) is 9.59 Å². The van der Waals surface area contributed by atoms with Gasteiger partial charge in [-0.2, -0.15) is 0 Å². The van der Waals surface area contributed by atoms with Crippen molar-refractivity contribution >= 4 is 34.8 Å². The van der Waals surface area contributed by atoms with Gasteiger partial charge in [-0.3, -0.25) is 14.1 Å². The maximum Gasteiger partial charge on any atom is 0.343 e. The van der Waals surface area contributed by atoms with Gasteiger partial charge in [-0.05, 0) is 70.6 Å². The fourth-order valence-electron chi connectivity index (χ4n) is 4.85. The Bertz CT molecular complexity index is 1380. The quantitative estimate of drug-likeness (QED) is 0.303. The Hall–Kier alpha value is -3.53. The molecule has 9 nitrogen and oxygen atoms in total. The highest BCUT2D eigenvalue weighted by Gasteiger charge is 2.34.